The van der Waals surface area contributed by atoms with Gasteiger partial charge in [-0.15, -0.1) is 18.3 Å². The van der Waals surface area contributed by atoms with Crippen LogP contribution in [-0.4, -0.2) is 56.6 Å². The second kappa shape index (κ2) is 10.1. The van der Waals surface area contributed by atoms with Gasteiger partial charge in [-0.25, -0.2) is 16.8 Å². The van der Waals surface area contributed by atoms with E-state index in [1.165, 1.54) is 65.0 Å². The topological polar surface area (TPSA) is 140 Å². The van der Waals surface area contributed by atoms with Gasteiger partial charge < -0.3 is 4.42 Å². The summed E-state index contributed by atoms with van der Waals surface area (Å²) in [7, 11) is -7.12. The highest BCUT2D eigenvalue weighted by atomic mass is 32.2. The third-order valence-corrected chi connectivity index (χ3v) is 7.57. The maximum absolute atomic E-state index is 12.8. The van der Waals surface area contributed by atoms with E-state index in [4.69, 9.17) is 4.42 Å². The van der Waals surface area contributed by atoms with Gasteiger partial charge in [0.15, 0.2) is 9.84 Å². The van der Waals surface area contributed by atoms with E-state index in [2.05, 4.69) is 28.7 Å². The van der Waals surface area contributed by atoms with E-state index >= 15 is 0 Å². The minimum absolute atomic E-state index is 0.0189. The summed E-state index contributed by atoms with van der Waals surface area (Å²) in [5.74, 6) is -0.498. The zero-order valence-corrected chi connectivity index (χ0v) is 19.8. The Morgan fingerprint density at radius 2 is 1.50 bits per heavy atom. The van der Waals surface area contributed by atoms with Crippen molar-refractivity contribution in [2.24, 2.45) is 0 Å². The summed E-state index contributed by atoms with van der Waals surface area (Å²) in [6.07, 6.45) is 4.05. The predicted octanol–water partition coefficient (Wildman–Crippen LogP) is 2.76. The smallest absolute Gasteiger partial charge is 0.322 e. The summed E-state index contributed by atoms with van der Waals surface area (Å²) in [4.78, 5) is 12.7. The maximum atomic E-state index is 12.8. The molecule has 0 aliphatic heterocycles. The largest absolute Gasteiger partial charge is 0.403 e. The molecule has 2 aromatic carbocycles. The Morgan fingerprint density at radius 3 is 2.03 bits per heavy atom. The van der Waals surface area contributed by atoms with Crippen molar-refractivity contribution >= 4 is 31.8 Å². The van der Waals surface area contributed by atoms with Crippen LogP contribution in [0.5, 0.6) is 0 Å². The molecule has 0 saturated heterocycles. The lowest BCUT2D eigenvalue weighted by atomic mass is 10.2. The lowest BCUT2D eigenvalue weighted by molar-refractivity contribution is 0.102. The molecule has 1 aromatic heterocycles. The molecule has 3 rings (SSSR count). The number of anilines is 1. The van der Waals surface area contributed by atoms with E-state index in [1.54, 1.807) is 0 Å². The standard InChI is InChI=1S/C22H22N4O6S2/c1-4-14-26(15-5-2)34(30,31)19-12-6-16(7-13-19)20(27)23-22-25-24-21(32-22)17-8-10-18(11-9-17)33(3,28)29/h4-13H,1-2,14-15H2,3H3,(H,23,25,27). The Kier molecular flexibility index (Phi) is 7.44. The first-order valence-corrected chi connectivity index (χ1v) is 13.2. The number of amides is 1. The zero-order chi connectivity index (χ0) is 24.9. The maximum Gasteiger partial charge on any atom is 0.322 e. The van der Waals surface area contributed by atoms with Crippen molar-refractivity contribution in [3.63, 3.8) is 0 Å². The minimum Gasteiger partial charge on any atom is -0.403 e. The highest BCUT2D eigenvalue weighted by Crippen LogP contribution is 2.22. The van der Waals surface area contributed by atoms with Gasteiger partial charge in [0, 0.05) is 30.5 Å². The Morgan fingerprint density at radius 1 is 0.941 bits per heavy atom. The van der Waals surface area contributed by atoms with Crippen molar-refractivity contribution in [3.8, 4) is 11.5 Å². The molecule has 0 atom stereocenters. The zero-order valence-electron chi connectivity index (χ0n) is 18.2. The average Bonchev–Trinajstić information content (AvgIpc) is 3.27. The van der Waals surface area contributed by atoms with Gasteiger partial charge in [-0.2, -0.15) is 4.31 Å². The van der Waals surface area contributed by atoms with Gasteiger partial charge in [-0.05, 0) is 48.5 Å². The molecule has 1 heterocycles. The highest BCUT2D eigenvalue weighted by Gasteiger charge is 2.23. The molecule has 0 unspecified atom stereocenters. The molecule has 0 radical (unpaired) electrons. The minimum atomic E-state index is -3.79. The molecule has 0 saturated carbocycles. The van der Waals surface area contributed by atoms with Crippen LogP contribution in [0.3, 0.4) is 0 Å². The summed E-state index contributed by atoms with van der Waals surface area (Å²) in [5.41, 5.74) is 0.647. The number of nitrogens with one attached hydrogen (secondary N) is 1. The molecule has 0 aliphatic rings. The lowest BCUT2D eigenvalue weighted by Gasteiger charge is -2.19. The van der Waals surface area contributed by atoms with Crippen molar-refractivity contribution < 1.29 is 26.0 Å². The number of sulfonamides is 1. The molecule has 1 amide bonds. The van der Waals surface area contributed by atoms with Gasteiger partial charge in [0.05, 0.1) is 9.79 Å². The molecular formula is C22H22N4O6S2. The van der Waals surface area contributed by atoms with E-state index in [0.717, 1.165) is 6.26 Å². The van der Waals surface area contributed by atoms with Gasteiger partial charge in [0.1, 0.15) is 0 Å². The van der Waals surface area contributed by atoms with E-state index in [-0.39, 0.29) is 40.3 Å². The first-order valence-electron chi connectivity index (χ1n) is 9.83. The van der Waals surface area contributed by atoms with Crippen LogP contribution in [0.4, 0.5) is 6.01 Å². The fourth-order valence-electron chi connectivity index (χ4n) is 2.89. The van der Waals surface area contributed by atoms with E-state index in [0.29, 0.717) is 5.56 Å². The van der Waals surface area contributed by atoms with Crippen LogP contribution in [0.1, 0.15) is 10.4 Å². The van der Waals surface area contributed by atoms with Crippen LogP contribution < -0.4 is 5.32 Å². The van der Waals surface area contributed by atoms with E-state index in [9.17, 15) is 21.6 Å². The fourth-order valence-corrected chi connectivity index (χ4v) is 4.90. The normalized spacial score (nSPS) is 11.8. The fraction of sp³-hybridized carbons (Fsp3) is 0.136. The molecule has 3 aromatic rings. The Bertz CT molecular complexity index is 1400. The Labute approximate surface area is 197 Å². The number of hydrogen-bond donors (Lipinski definition) is 1. The molecular weight excluding hydrogens is 480 g/mol. The van der Waals surface area contributed by atoms with Crippen LogP contribution in [0.25, 0.3) is 11.5 Å². The summed E-state index contributed by atoms with van der Waals surface area (Å²) in [6.45, 7) is 7.36. The van der Waals surface area contributed by atoms with Crippen molar-refractivity contribution in [1.29, 1.82) is 0 Å². The monoisotopic (exact) mass is 502 g/mol. The quantitative estimate of drug-likeness (QED) is 0.418. The van der Waals surface area contributed by atoms with Crippen LogP contribution in [-0.2, 0) is 19.9 Å². The van der Waals surface area contributed by atoms with E-state index in [1.807, 2.05) is 0 Å². The molecule has 12 heteroatoms. The molecule has 34 heavy (non-hydrogen) atoms. The molecule has 0 fully saturated rings. The Hall–Kier alpha value is -3.61. The molecule has 10 nitrogen and oxygen atoms in total. The lowest BCUT2D eigenvalue weighted by Crippen LogP contribution is -2.31. The van der Waals surface area contributed by atoms with Gasteiger partial charge in [0.2, 0.25) is 15.9 Å². The van der Waals surface area contributed by atoms with Crippen molar-refractivity contribution in [2.45, 2.75) is 9.79 Å². The number of benzene rings is 2. The number of carbonyl (C=O) groups excluding carboxylic acids is 1. The second-order valence-electron chi connectivity index (χ2n) is 7.09. The third-order valence-electron chi connectivity index (χ3n) is 4.59. The van der Waals surface area contributed by atoms with Crippen molar-refractivity contribution in [3.05, 3.63) is 79.4 Å². The summed E-state index contributed by atoms with van der Waals surface area (Å²) in [6, 6.07) is 11.0. The van der Waals surface area contributed by atoms with Gasteiger partial charge >= 0.3 is 6.01 Å². The number of sulfone groups is 1. The molecule has 0 spiro atoms. The van der Waals surface area contributed by atoms with Gasteiger partial charge in [0.25, 0.3) is 5.91 Å². The number of rotatable bonds is 10. The number of nitrogens with zero attached hydrogens (tertiary/aromatic N) is 3. The highest BCUT2D eigenvalue weighted by molar-refractivity contribution is 7.90. The van der Waals surface area contributed by atoms with Gasteiger partial charge in [-0.1, -0.05) is 17.3 Å². The summed E-state index contributed by atoms with van der Waals surface area (Å²) < 4.78 is 55.3. The van der Waals surface area contributed by atoms with Gasteiger partial charge in [-0.3, -0.25) is 10.1 Å². The van der Waals surface area contributed by atoms with Crippen molar-refractivity contribution in [2.75, 3.05) is 24.7 Å². The first kappa shape index (κ1) is 25.0. The van der Waals surface area contributed by atoms with Crippen LogP contribution in [0.2, 0.25) is 0 Å². The molecule has 1 N–H and O–H groups in total. The van der Waals surface area contributed by atoms with E-state index < -0.39 is 25.8 Å². The molecule has 0 aliphatic carbocycles. The SMILES string of the molecule is C=CCN(CC=C)S(=O)(=O)c1ccc(C(=O)Nc2nnc(-c3ccc(S(C)(=O)=O)cc3)o2)cc1. The molecule has 0 bridgehead atoms. The Balaban J connectivity index is 1.73. The summed E-state index contributed by atoms with van der Waals surface area (Å²) in [5, 5.41) is 10.1. The first-order chi connectivity index (χ1) is 16.1. The summed E-state index contributed by atoms with van der Waals surface area (Å²) >= 11 is 0. The number of hydrogen-bond acceptors (Lipinski definition) is 8. The number of aromatic nitrogens is 2. The van der Waals surface area contributed by atoms with Crippen molar-refractivity contribution in [1.82, 2.24) is 14.5 Å². The average molecular weight is 503 g/mol. The van der Waals surface area contributed by atoms with Crippen LogP contribution in [0, 0.1) is 0 Å². The van der Waals surface area contributed by atoms with Crippen LogP contribution in [0.15, 0.2) is 88.0 Å². The second-order valence-corrected chi connectivity index (χ2v) is 11.0. The number of carbonyl (C=O) groups is 1. The third kappa shape index (κ3) is 5.65. The molecule has 178 valence electrons. The predicted molar refractivity (Wildman–Crippen MR) is 126 cm³/mol. The van der Waals surface area contributed by atoms with Crippen LogP contribution >= 0.6 is 0 Å².